The number of piperazine rings is 1. The van der Waals surface area contributed by atoms with Crippen LogP contribution < -0.4 is 5.32 Å². The van der Waals surface area contributed by atoms with Gasteiger partial charge in [0.05, 0.1) is 6.26 Å². The third-order valence-corrected chi connectivity index (χ3v) is 5.71. The van der Waals surface area contributed by atoms with Crippen molar-refractivity contribution in [2.24, 2.45) is 5.41 Å². The van der Waals surface area contributed by atoms with Crippen LogP contribution in [0.2, 0.25) is 0 Å². The molecule has 1 heterocycles. The Hall–Kier alpha value is -0.170. The first-order valence-corrected chi connectivity index (χ1v) is 9.04. The number of rotatable bonds is 7. The van der Waals surface area contributed by atoms with Gasteiger partial charge in [-0.3, -0.25) is 0 Å². The molecule has 0 aromatic heterocycles. The Bertz CT molecular complexity index is 358. The first-order valence-electron chi connectivity index (χ1n) is 7.19. The van der Waals surface area contributed by atoms with E-state index in [9.17, 15) is 8.42 Å². The second kappa shape index (κ2) is 7.02. The van der Waals surface area contributed by atoms with Gasteiger partial charge in [-0.1, -0.05) is 13.8 Å². The van der Waals surface area contributed by atoms with E-state index in [0.29, 0.717) is 18.5 Å². The Morgan fingerprint density at radius 3 is 2.00 bits per heavy atom. The summed E-state index contributed by atoms with van der Waals surface area (Å²) < 4.78 is 24.6. The highest BCUT2D eigenvalue weighted by atomic mass is 32.2. The molecule has 0 atom stereocenters. The Kier molecular flexibility index (Phi) is 6.23. The smallest absolute Gasteiger partial charge is 0.211 e. The molecule has 0 unspecified atom stereocenters. The number of nitrogens with zero attached hydrogens (tertiary/aromatic N) is 2. The van der Waals surface area contributed by atoms with Crippen LogP contribution in [0.4, 0.5) is 0 Å². The zero-order chi connectivity index (χ0) is 14.5. The molecule has 5 nitrogen and oxygen atoms in total. The minimum absolute atomic E-state index is 0.308. The maximum atomic E-state index is 11.5. The van der Waals surface area contributed by atoms with Crippen LogP contribution >= 0.6 is 0 Å². The fourth-order valence-corrected chi connectivity index (χ4v) is 3.67. The van der Waals surface area contributed by atoms with Crippen LogP contribution in [-0.2, 0) is 10.0 Å². The van der Waals surface area contributed by atoms with E-state index in [1.165, 1.54) is 6.26 Å². The molecule has 0 radical (unpaired) electrons. The van der Waals surface area contributed by atoms with Crippen LogP contribution in [0.1, 0.15) is 26.7 Å². The van der Waals surface area contributed by atoms with Crippen molar-refractivity contribution in [3.8, 4) is 0 Å². The maximum absolute atomic E-state index is 11.5. The first kappa shape index (κ1) is 16.9. The Labute approximate surface area is 118 Å². The molecular formula is C13H29N3O2S. The van der Waals surface area contributed by atoms with E-state index in [1.54, 1.807) is 4.31 Å². The fraction of sp³-hybridized carbons (Fsp3) is 1.00. The van der Waals surface area contributed by atoms with Gasteiger partial charge in [0.25, 0.3) is 0 Å². The third-order valence-electron chi connectivity index (χ3n) is 4.41. The van der Waals surface area contributed by atoms with E-state index in [1.807, 2.05) is 7.05 Å². The van der Waals surface area contributed by atoms with Gasteiger partial charge in [-0.2, -0.15) is 4.31 Å². The van der Waals surface area contributed by atoms with E-state index < -0.39 is 10.0 Å². The van der Waals surface area contributed by atoms with E-state index in [0.717, 1.165) is 39.0 Å². The van der Waals surface area contributed by atoms with Crippen LogP contribution in [0, 0.1) is 5.41 Å². The zero-order valence-corrected chi connectivity index (χ0v) is 13.6. The normalized spacial score (nSPS) is 19.8. The van der Waals surface area contributed by atoms with Crippen molar-refractivity contribution < 1.29 is 8.42 Å². The molecule has 0 spiro atoms. The van der Waals surface area contributed by atoms with Crippen molar-refractivity contribution in [1.29, 1.82) is 0 Å². The SMILES string of the molecule is CCC(CC)(CNC)CN1CCN(S(C)(=O)=O)CC1. The molecule has 1 fully saturated rings. The van der Waals surface area contributed by atoms with Gasteiger partial charge in [0.2, 0.25) is 10.0 Å². The lowest BCUT2D eigenvalue weighted by Gasteiger charge is -2.40. The van der Waals surface area contributed by atoms with Gasteiger partial charge in [0, 0.05) is 39.3 Å². The minimum atomic E-state index is -3.02. The lowest BCUT2D eigenvalue weighted by molar-refractivity contribution is 0.105. The predicted octanol–water partition coefficient (Wildman–Crippen LogP) is 0.589. The van der Waals surface area contributed by atoms with Gasteiger partial charge >= 0.3 is 0 Å². The van der Waals surface area contributed by atoms with Crippen molar-refractivity contribution in [3.63, 3.8) is 0 Å². The van der Waals surface area contributed by atoms with Crippen molar-refractivity contribution in [1.82, 2.24) is 14.5 Å². The van der Waals surface area contributed by atoms with Crippen molar-refractivity contribution in [3.05, 3.63) is 0 Å². The summed E-state index contributed by atoms with van der Waals surface area (Å²) in [6.45, 7) is 9.51. The van der Waals surface area contributed by atoms with Crippen LogP contribution in [0.3, 0.4) is 0 Å². The summed E-state index contributed by atoms with van der Waals surface area (Å²) >= 11 is 0. The largest absolute Gasteiger partial charge is 0.319 e. The monoisotopic (exact) mass is 291 g/mol. The molecule has 1 aliphatic rings. The maximum Gasteiger partial charge on any atom is 0.211 e. The molecule has 0 saturated carbocycles. The summed E-state index contributed by atoms with van der Waals surface area (Å²) in [7, 11) is -1.02. The van der Waals surface area contributed by atoms with Crippen LogP contribution in [0.25, 0.3) is 0 Å². The molecule has 114 valence electrons. The molecule has 19 heavy (non-hydrogen) atoms. The molecule has 0 aliphatic carbocycles. The summed E-state index contributed by atoms with van der Waals surface area (Å²) in [4.78, 5) is 2.41. The molecule has 0 aromatic carbocycles. The average Bonchev–Trinajstić information content (AvgIpc) is 2.37. The van der Waals surface area contributed by atoms with E-state index in [2.05, 4.69) is 24.1 Å². The van der Waals surface area contributed by atoms with E-state index in [-0.39, 0.29) is 0 Å². The second-order valence-corrected chi connectivity index (χ2v) is 7.66. The molecular weight excluding hydrogens is 262 g/mol. The Balaban J connectivity index is 2.56. The summed E-state index contributed by atoms with van der Waals surface area (Å²) in [5.74, 6) is 0. The van der Waals surface area contributed by atoms with Crippen LogP contribution in [0.5, 0.6) is 0 Å². The Morgan fingerprint density at radius 2 is 1.63 bits per heavy atom. The zero-order valence-electron chi connectivity index (χ0n) is 12.8. The molecule has 6 heteroatoms. The lowest BCUT2D eigenvalue weighted by atomic mass is 9.81. The van der Waals surface area contributed by atoms with Gasteiger partial charge in [0.15, 0.2) is 0 Å². The lowest BCUT2D eigenvalue weighted by Crippen LogP contribution is -2.52. The van der Waals surface area contributed by atoms with E-state index >= 15 is 0 Å². The first-order chi connectivity index (χ1) is 8.87. The highest BCUT2D eigenvalue weighted by molar-refractivity contribution is 7.88. The van der Waals surface area contributed by atoms with Crippen LogP contribution in [0.15, 0.2) is 0 Å². The topological polar surface area (TPSA) is 52.6 Å². The van der Waals surface area contributed by atoms with Crippen molar-refractivity contribution in [2.75, 3.05) is 52.6 Å². The molecule has 1 aliphatic heterocycles. The average molecular weight is 291 g/mol. The fourth-order valence-electron chi connectivity index (χ4n) is 2.85. The molecule has 0 aromatic rings. The minimum Gasteiger partial charge on any atom is -0.319 e. The predicted molar refractivity (Wildman–Crippen MR) is 79.8 cm³/mol. The standard InChI is InChI=1S/C13H29N3O2S/c1-5-13(6-2,11-14-3)12-15-7-9-16(10-8-15)19(4,17)18/h14H,5-12H2,1-4H3. The second-order valence-electron chi connectivity index (χ2n) is 5.68. The third kappa shape index (κ3) is 4.70. The summed E-state index contributed by atoms with van der Waals surface area (Å²) in [6, 6.07) is 0. The van der Waals surface area contributed by atoms with Gasteiger partial charge in [0.1, 0.15) is 0 Å². The number of sulfonamides is 1. The quantitative estimate of drug-likeness (QED) is 0.746. The van der Waals surface area contributed by atoms with Gasteiger partial charge < -0.3 is 10.2 Å². The molecule has 1 rings (SSSR count). The van der Waals surface area contributed by atoms with E-state index in [4.69, 9.17) is 0 Å². The van der Waals surface area contributed by atoms with Gasteiger partial charge in [-0.05, 0) is 25.3 Å². The number of hydrogen-bond acceptors (Lipinski definition) is 4. The highest BCUT2D eigenvalue weighted by Gasteiger charge is 2.31. The summed E-state index contributed by atoms with van der Waals surface area (Å²) in [5.41, 5.74) is 0.308. The summed E-state index contributed by atoms with van der Waals surface area (Å²) in [5, 5.41) is 3.30. The Morgan fingerprint density at radius 1 is 1.11 bits per heavy atom. The van der Waals surface area contributed by atoms with Crippen LogP contribution in [-0.4, -0.2) is 70.2 Å². The van der Waals surface area contributed by atoms with Gasteiger partial charge in [-0.15, -0.1) is 0 Å². The molecule has 0 amide bonds. The molecule has 1 N–H and O–H groups in total. The highest BCUT2D eigenvalue weighted by Crippen LogP contribution is 2.27. The number of nitrogens with one attached hydrogen (secondary N) is 1. The number of hydrogen-bond donors (Lipinski definition) is 1. The van der Waals surface area contributed by atoms with Crippen molar-refractivity contribution >= 4 is 10.0 Å². The van der Waals surface area contributed by atoms with Crippen molar-refractivity contribution in [2.45, 2.75) is 26.7 Å². The summed E-state index contributed by atoms with van der Waals surface area (Å²) in [6.07, 6.45) is 3.60. The molecule has 0 bridgehead atoms. The van der Waals surface area contributed by atoms with Gasteiger partial charge in [-0.25, -0.2) is 8.42 Å². The molecule has 1 saturated heterocycles.